The van der Waals surface area contributed by atoms with Crippen LogP contribution in [-0.4, -0.2) is 35.9 Å². The molecule has 1 fully saturated rings. The molecule has 60 valence electrons. The Kier molecular flexibility index (Phi) is 3.16. The second kappa shape index (κ2) is 3.52. The summed E-state index contributed by atoms with van der Waals surface area (Å²) in [5, 5.41) is 0. The molecule has 0 aromatic heterocycles. The van der Waals surface area contributed by atoms with Gasteiger partial charge in [0.25, 0.3) is 0 Å². The van der Waals surface area contributed by atoms with E-state index in [4.69, 9.17) is 16.5 Å². The van der Waals surface area contributed by atoms with Crippen LogP contribution in [0.25, 0.3) is 0 Å². The van der Waals surface area contributed by atoms with Crippen LogP contribution in [0.4, 0.5) is 0 Å². The van der Waals surface area contributed by atoms with Crippen molar-refractivity contribution in [1.29, 1.82) is 0 Å². The van der Waals surface area contributed by atoms with Crippen molar-refractivity contribution in [2.75, 3.05) is 26.3 Å². The maximum absolute atomic E-state index is 9.30. The van der Waals surface area contributed by atoms with Crippen LogP contribution in [-0.2, 0) is 16.5 Å². The summed E-state index contributed by atoms with van der Waals surface area (Å²) in [5.74, 6) is 0. The molecule has 0 aromatic carbocycles. The van der Waals surface area contributed by atoms with Crippen molar-refractivity contribution < 1.29 is 9.63 Å². The molecule has 0 spiro atoms. The predicted octanol–water partition coefficient (Wildman–Crippen LogP) is 0.465. The maximum atomic E-state index is 9.30. The van der Waals surface area contributed by atoms with Crippen LogP contribution in [0.1, 0.15) is 0 Å². The minimum absolute atomic E-state index is 0.652. The van der Waals surface area contributed by atoms with E-state index in [9.17, 15) is 4.89 Å². The third kappa shape index (κ3) is 2.49. The lowest BCUT2D eigenvalue weighted by Crippen LogP contribution is -2.32. The zero-order valence-electron chi connectivity index (χ0n) is 5.43. The van der Waals surface area contributed by atoms with Crippen LogP contribution in [0.5, 0.6) is 0 Å². The molecule has 0 aromatic rings. The van der Waals surface area contributed by atoms with E-state index in [1.807, 2.05) is 0 Å². The summed E-state index contributed by atoms with van der Waals surface area (Å²) in [7, 11) is 0. The lowest BCUT2D eigenvalue weighted by atomic mass is 10.5. The van der Waals surface area contributed by atoms with Gasteiger partial charge in [0.1, 0.15) is 0 Å². The zero-order valence-corrected chi connectivity index (χ0v) is 8.04. The Morgan fingerprint density at radius 2 is 2.00 bits per heavy atom. The average molecular weight is 199 g/mol. The Morgan fingerprint density at radius 3 is 2.30 bits per heavy atom. The highest BCUT2D eigenvalue weighted by Crippen LogP contribution is 2.50. The fraction of sp³-hybridized carbons (Fsp3) is 1.00. The number of rotatable bonds is 1. The van der Waals surface area contributed by atoms with Crippen LogP contribution < -0.4 is 0 Å². The highest BCUT2D eigenvalue weighted by atomic mass is 32.9. The maximum Gasteiger partial charge on any atom is 0.183 e. The van der Waals surface area contributed by atoms with Gasteiger partial charge in [-0.1, -0.05) is 0 Å². The van der Waals surface area contributed by atoms with Crippen molar-refractivity contribution in [3.05, 3.63) is 0 Å². The number of thiol groups is 1. The summed E-state index contributed by atoms with van der Waals surface area (Å²) >= 11 is 8.76. The van der Waals surface area contributed by atoms with Gasteiger partial charge in [-0.3, -0.25) is 0 Å². The van der Waals surface area contributed by atoms with Gasteiger partial charge in [-0.05, 0) is 11.8 Å². The van der Waals surface area contributed by atoms with Crippen LogP contribution in [0.2, 0.25) is 0 Å². The van der Waals surface area contributed by atoms with Gasteiger partial charge in [-0.15, -0.1) is 12.2 Å². The van der Waals surface area contributed by atoms with Crippen LogP contribution in [0.15, 0.2) is 0 Å². The Hall–Kier alpha value is 0.880. The average Bonchev–Trinajstić information content (AvgIpc) is 1.88. The van der Waals surface area contributed by atoms with Gasteiger partial charge in [0, 0.05) is 13.1 Å². The first-order chi connectivity index (χ1) is 4.61. The molecule has 1 N–H and O–H groups in total. The van der Waals surface area contributed by atoms with Gasteiger partial charge in [0.15, 0.2) is 5.62 Å². The van der Waals surface area contributed by atoms with Crippen molar-refractivity contribution in [1.82, 2.24) is 4.67 Å². The van der Waals surface area contributed by atoms with Crippen LogP contribution in [0, 0.1) is 0 Å². The quantitative estimate of drug-likeness (QED) is 0.475. The van der Waals surface area contributed by atoms with Crippen molar-refractivity contribution >= 4 is 29.7 Å². The van der Waals surface area contributed by atoms with E-state index in [-0.39, 0.29) is 0 Å². The third-order valence-electron chi connectivity index (χ3n) is 1.36. The molecule has 6 heteroatoms. The van der Waals surface area contributed by atoms with Gasteiger partial charge in [-0.2, -0.15) is 0 Å². The molecular weight excluding hydrogens is 189 g/mol. The predicted molar refractivity (Wildman–Crippen MR) is 47.9 cm³/mol. The Balaban J connectivity index is 2.47. The van der Waals surface area contributed by atoms with E-state index in [1.54, 1.807) is 4.67 Å². The highest BCUT2D eigenvalue weighted by Gasteiger charge is 2.20. The van der Waals surface area contributed by atoms with E-state index in [0.717, 1.165) is 0 Å². The number of hydrogen-bond acceptors (Lipinski definition) is 2. The second-order valence-electron chi connectivity index (χ2n) is 2.08. The smallest absolute Gasteiger partial charge is 0.183 e. The Labute approximate surface area is 70.7 Å². The van der Waals surface area contributed by atoms with E-state index in [0.29, 0.717) is 26.3 Å². The van der Waals surface area contributed by atoms with Crippen molar-refractivity contribution in [2.24, 2.45) is 0 Å². The van der Waals surface area contributed by atoms with Crippen LogP contribution in [0.3, 0.4) is 0 Å². The largest absolute Gasteiger partial charge is 0.379 e. The summed E-state index contributed by atoms with van der Waals surface area (Å²) < 4.78 is 6.88. The topological polar surface area (TPSA) is 32.7 Å². The molecule has 1 aliphatic rings. The first kappa shape index (κ1) is 8.97. The van der Waals surface area contributed by atoms with Gasteiger partial charge in [0.2, 0.25) is 0 Å². The minimum Gasteiger partial charge on any atom is -0.379 e. The number of morpholine rings is 1. The molecule has 10 heavy (non-hydrogen) atoms. The number of ether oxygens (including phenoxy) is 1. The summed E-state index contributed by atoms with van der Waals surface area (Å²) in [6.07, 6.45) is 0. The molecule has 1 unspecified atom stereocenters. The molecule has 3 nitrogen and oxygen atoms in total. The van der Waals surface area contributed by atoms with Crippen molar-refractivity contribution in [3.8, 4) is 0 Å². The summed E-state index contributed by atoms with van der Waals surface area (Å²) in [5.41, 5.74) is -2.46. The fourth-order valence-corrected chi connectivity index (χ4v) is 2.53. The normalized spacial score (nSPS) is 27.8. The lowest BCUT2D eigenvalue weighted by Gasteiger charge is -2.30. The first-order valence-corrected chi connectivity index (χ1v) is 6.85. The molecule has 1 atom stereocenters. The first-order valence-electron chi connectivity index (χ1n) is 2.99. The van der Waals surface area contributed by atoms with Crippen molar-refractivity contribution in [2.45, 2.75) is 0 Å². The number of hydrogen-bond donors (Lipinski definition) is 2. The molecule has 1 heterocycles. The monoisotopic (exact) mass is 199 g/mol. The molecule has 1 rings (SSSR count). The van der Waals surface area contributed by atoms with Crippen molar-refractivity contribution in [3.63, 3.8) is 0 Å². The molecule has 0 amide bonds. The lowest BCUT2D eigenvalue weighted by molar-refractivity contribution is 0.0727. The molecule has 0 radical (unpaired) electrons. The molecule has 0 aliphatic carbocycles. The molecular formula is C4H10NO2PS2. The summed E-state index contributed by atoms with van der Waals surface area (Å²) in [4.78, 5) is 9.30. The summed E-state index contributed by atoms with van der Waals surface area (Å²) in [6.45, 7) is 2.72. The SMILES string of the molecule is OP(=S)(S)N1CCOCC1. The van der Waals surface area contributed by atoms with E-state index in [2.05, 4.69) is 12.2 Å². The second-order valence-corrected chi connectivity index (χ2v) is 7.68. The molecule has 1 aliphatic heterocycles. The van der Waals surface area contributed by atoms with Gasteiger partial charge in [0.05, 0.1) is 13.2 Å². The van der Waals surface area contributed by atoms with E-state index < -0.39 is 5.62 Å². The van der Waals surface area contributed by atoms with Gasteiger partial charge < -0.3 is 9.63 Å². The van der Waals surface area contributed by atoms with E-state index >= 15 is 0 Å². The van der Waals surface area contributed by atoms with E-state index in [1.165, 1.54) is 0 Å². The highest BCUT2D eigenvalue weighted by molar-refractivity contribution is 8.60. The number of nitrogens with zero attached hydrogens (tertiary/aromatic N) is 1. The fourth-order valence-electron chi connectivity index (χ4n) is 0.814. The molecule has 0 saturated carbocycles. The standard InChI is InChI=1S/C4H10NO2PS2/c6-8(9,10)5-1-3-7-4-2-5/h1-4H2,(H2,6,9,10). The van der Waals surface area contributed by atoms with Gasteiger partial charge >= 0.3 is 0 Å². The van der Waals surface area contributed by atoms with Gasteiger partial charge in [-0.25, -0.2) is 4.67 Å². The Bertz CT molecular complexity index is 153. The van der Waals surface area contributed by atoms with Crippen LogP contribution >= 0.6 is 17.9 Å². The zero-order chi connectivity index (χ0) is 7.61. The molecule has 1 saturated heterocycles. The Morgan fingerprint density at radius 1 is 1.50 bits per heavy atom. The summed E-state index contributed by atoms with van der Waals surface area (Å²) in [6, 6.07) is 0. The minimum atomic E-state index is -2.46. The molecule has 0 bridgehead atoms. The third-order valence-corrected chi connectivity index (χ3v) is 3.94.